The summed E-state index contributed by atoms with van der Waals surface area (Å²) in [6, 6.07) is 11.6. The number of hydrogen-bond donors (Lipinski definition) is 2. The SMILES string of the molecule is C[N+](C)(C)C[C@@H](CC(=O)O)OP(=O)(O)OCCCCOc1cccc(Oc2ccc(OC(F)(F)F)cc2)c1.[OH-]. The minimum absolute atomic E-state index is 0. The molecule has 2 rings (SSSR count). The van der Waals surface area contributed by atoms with Crippen LogP contribution < -0.4 is 14.2 Å². The lowest BCUT2D eigenvalue weighted by Gasteiger charge is -2.29. The van der Waals surface area contributed by atoms with E-state index >= 15 is 0 Å². The molecule has 3 N–H and O–H groups in total. The van der Waals surface area contributed by atoms with E-state index in [1.165, 1.54) is 12.1 Å². The molecule has 39 heavy (non-hydrogen) atoms. The van der Waals surface area contributed by atoms with E-state index in [0.29, 0.717) is 34.6 Å². The van der Waals surface area contributed by atoms with Crippen molar-refractivity contribution in [2.45, 2.75) is 31.7 Å². The first-order chi connectivity index (χ1) is 17.6. The zero-order valence-corrected chi connectivity index (χ0v) is 22.6. The van der Waals surface area contributed by atoms with E-state index in [9.17, 15) is 27.4 Å². The number of unbranched alkanes of at least 4 members (excludes halogenated alkanes) is 1. The van der Waals surface area contributed by atoms with Gasteiger partial charge in [0.05, 0.1) is 40.8 Å². The zero-order valence-electron chi connectivity index (χ0n) is 21.7. The Bertz CT molecular complexity index is 1080. The van der Waals surface area contributed by atoms with Crippen molar-refractivity contribution in [3.63, 3.8) is 0 Å². The molecule has 0 aliphatic rings. The number of likely N-dealkylation sites (N-methyl/N-ethyl adjacent to an activating group) is 1. The number of nitrogens with zero attached hydrogens (tertiary/aromatic N) is 1. The van der Waals surface area contributed by atoms with Gasteiger partial charge >= 0.3 is 20.2 Å². The molecule has 0 saturated heterocycles. The van der Waals surface area contributed by atoms with E-state index in [4.69, 9.17) is 23.6 Å². The number of benzene rings is 2. The quantitative estimate of drug-likeness (QED) is 0.156. The zero-order chi connectivity index (χ0) is 28.4. The minimum atomic E-state index is -4.78. The lowest BCUT2D eigenvalue weighted by atomic mass is 10.2. The summed E-state index contributed by atoms with van der Waals surface area (Å²) in [5, 5.41) is 9.02. The fraction of sp³-hybridized carbons (Fsp3) is 0.458. The van der Waals surface area contributed by atoms with Crippen molar-refractivity contribution < 1.29 is 65.7 Å². The van der Waals surface area contributed by atoms with Crippen LogP contribution in [0.4, 0.5) is 13.2 Å². The van der Waals surface area contributed by atoms with Gasteiger partial charge in [0.15, 0.2) is 0 Å². The molecule has 2 atom stereocenters. The number of carboxylic acids is 1. The van der Waals surface area contributed by atoms with Gasteiger partial charge in [-0.1, -0.05) is 6.07 Å². The second-order valence-corrected chi connectivity index (χ2v) is 10.7. The van der Waals surface area contributed by atoms with Crippen molar-refractivity contribution >= 4 is 13.8 Å². The molecule has 11 nitrogen and oxygen atoms in total. The Hall–Kier alpha value is -2.87. The van der Waals surface area contributed by atoms with E-state index < -0.39 is 32.7 Å². The summed E-state index contributed by atoms with van der Waals surface area (Å²) in [5.74, 6) is -0.328. The van der Waals surface area contributed by atoms with Crippen LogP contribution in [-0.2, 0) is 18.4 Å². The molecule has 0 spiro atoms. The first-order valence-corrected chi connectivity index (χ1v) is 13.0. The maximum absolute atomic E-state index is 12.3. The molecule has 0 saturated carbocycles. The third-order valence-electron chi connectivity index (χ3n) is 4.60. The summed E-state index contributed by atoms with van der Waals surface area (Å²) in [5.41, 5.74) is 0. The first-order valence-electron chi connectivity index (χ1n) is 11.5. The van der Waals surface area contributed by atoms with Gasteiger partial charge in [-0.3, -0.25) is 13.8 Å². The van der Waals surface area contributed by atoms with E-state index in [1.807, 2.05) is 0 Å². The Morgan fingerprint density at radius 2 is 1.56 bits per heavy atom. The Morgan fingerprint density at radius 3 is 2.15 bits per heavy atom. The van der Waals surface area contributed by atoms with Crippen LogP contribution in [0.5, 0.6) is 23.0 Å². The molecule has 0 aromatic heterocycles. The van der Waals surface area contributed by atoms with Crippen LogP contribution in [-0.4, -0.2) is 79.3 Å². The van der Waals surface area contributed by atoms with Crippen LogP contribution in [0.15, 0.2) is 48.5 Å². The van der Waals surface area contributed by atoms with Crippen LogP contribution in [0.3, 0.4) is 0 Å². The van der Waals surface area contributed by atoms with Gasteiger partial charge in [-0.25, -0.2) is 4.57 Å². The number of phosphoric ester groups is 1. The average Bonchev–Trinajstić information content (AvgIpc) is 2.75. The number of carbonyl (C=O) groups is 1. The third-order valence-corrected chi connectivity index (χ3v) is 5.67. The highest BCUT2D eigenvalue weighted by atomic mass is 31.2. The summed E-state index contributed by atoms with van der Waals surface area (Å²) in [6.07, 6.45) is -5.36. The van der Waals surface area contributed by atoms with Gasteiger partial charge in [0.25, 0.3) is 0 Å². The molecule has 0 aliphatic carbocycles. The largest absolute Gasteiger partial charge is 0.870 e. The number of hydrogen-bond acceptors (Lipinski definition) is 8. The molecule has 220 valence electrons. The molecular weight excluding hydrogens is 550 g/mol. The van der Waals surface area contributed by atoms with Crippen molar-refractivity contribution in [2.24, 2.45) is 0 Å². The summed E-state index contributed by atoms with van der Waals surface area (Å²) in [7, 11) is 0.964. The predicted molar refractivity (Wildman–Crippen MR) is 132 cm³/mol. The van der Waals surface area contributed by atoms with E-state index in [0.717, 1.165) is 12.1 Å². The molecule has 0 aliphatic heterocycles. The fourth-order valence-corrected chi connectivity index (χ4v) is 4.15. The van der Waals surface area contributed by atoms with Gasteiger partial charge in [-0.05, 0) is 49.2 Å². The monoisotopic (exact) mass is 583 g/mol. The summed E-state index contributed by atoms with van der Waals surface area (Å²) in [4.78, 5) is 21.0. The summed E-state index contributed by atoms with van der Waals surface area (Å²) < 4.78 is 74.5. The van der Waals surface area contributed by atoms with Crippen LogP contribution in [0.25, 0.3) is 0 Å². The number of alkyl halides is 3. The lowest BCUT2D eigenvalue weighted by molar-refractivity contribution is -0.873. The highest BCUT2D eigenvalue weighted by Gasteiger charge is 2.32. The van der Waals surface area contributed by atoms with Crippen molar-refractivity contribution in [1.29, 1.82) is 0 Å². The van der Waals surface area contributed by atoms with Gasteiger partial charge < -0.3 is 34.2 Å². The Labute approximate surface area is 224 Å². The molecule has 2 aromatic carbocycles. The van der Waals surface area contributed by atoms with E-state index in [2.05, 4.69) is 4.74 Å². The van der Waals surface area contributed by atoms with Crippen LogP contribution in [0.2, 0.25) is 0 Å². The van der Waals surface area contributed by atoms with E-state index in [-0.39, 0.29) is 31.0 Å². The number of ether oxygens (including phenoxy) is 3. The Balaban J connectivity index is 0.00000760. The molecule has 0 heterocycles. The van der Waals surface area contributed by atoms with Crippen molar-refractivity contribution in [1.82, 2.24) is 0 Å². The topological polar surface area (TPSA) is 151 Å². The van der Waals surface area contributed by atoms with Gasteiger partial charge in [0.1, 0.15) is 35.6 Å². The third kappa shape index (κ3) is 15.3. The van der Waals surface area contributed by atoms with Crippen LogP contribution in [0, 0.1) is 0 Å². The number of phosphoric acid groups is 1. The summed E-state index contributed by atoms with van der Waals surface area (Å²) >= 11 is 0. The molecule has 1 unspecified atom stereocenters. The Morgan fingerprint density at radius 1 is 0.974 bits per heavy atom. The average molecular weight is 583 g/mol. The van der Waals surface area contributed by atoms with Gasteiger partial charge in [-0.2, -0.15) is 0 Å². The minimum Gasteiger partial charge on any atom is -0.870 e. The smallest absolute Gasteiger partial charge is 0.573 e. The van der Waals surface area contributed by atoms with Gasteiger partial charge in [-0.15, -0.1) is 13.2 Å². The maximum Gasteiger partial charge on any atom is 0.573 e. The molecule has 0 bridgehead atoms. The number of quaternary nitrogens is 1. The van der Waals surface area contributed by atoms with Crippen molar-refractivity contribution in [3.05, 3.63) is 48.5 Å². The normalized spacial score (nSPS) is 14.0. The molecule has 2 aromatic rings. The highest BCUT2D eigenvalue weighted by Crippen LogP contribution is 2.45. The first kappa shape index (κ1) is 34.2. The molecule has 0 fully saturated rings. The number of rotatable bonds is 16. The molecule has 0 radical (unpaired) electrons. The Kier molecular flexibility index (Phi) is 13.2. The fourth-order valence-electron chi connectivity index (χ4n) is 3.21. The maximum atomic E-state index is 12.3. The second kappa shape index (κ2) is 15.1. The second-order valence-electron chi connectivity index (χ2n) is 9.25. The molecule has 0 amide bonds. The number of carboxylic acid groups (broad SMARTS) is 1. The van der Waals surface area contributed by atoms with Gasteiger partial charge in [0, 0.05) is 6.07 Å². The van der Waals surface area contributed by atoms with Crippen molar-refractivity contribution in [2.75, 3.05) is 40.9 Å². The predicted octanol–water partition coefficient (Wildman–Crippen LogP) is 5.04. The number of aliphatic carboxylic acids is 1. The highest BCUT2D eigenvalue weighted by molar-refractivity contribution is 7.47. The summed E-state index contributed by atoms with van der Waals surface area (Å²) in [6.45, 7) is 0.364. The van der Waals surface area contributed by atoms with Gasteiger partial charge in [0.2, 0.25) is 0 Å². The van der Waals surface area contributed by atoms with Crippen molar-refractivity contribution in [3.8, 4) is 23.0 Å². The number of halogens is 3. The van der Waals surface area contributed by atoms with Crippen LogP contribution in [0.1, 0.15) is 19.3 Å². The lowest BCUT2D eigenvalue weighted by Crippen LogP contribution is -2.42. The van der Waals surface area contributed by atoms with E-state index in [1.54, 1.807) is 45.4 Å². The van der Waals surface area contributed by atoms with Crippen LogP contribution >= 0.6 is 7.82 Å². The molecular formula is C24H33F3NO10P. The standard InChI is InChI=1S/C24H31F3NO9P.H2O/c1-28(2,3)17-22(16-23(29)30)37-38(31,32)34-14-5-4-13-33-20-7-6-8-21(15-20)35-18-9-11-19(12-10-18)36-24(25,26)27;/h6-12,15,22H,4-5,13-14,16-17H2,1-3H3,(H-,29,30,31,32);1H2/t22-;/m1./s1. The molecule has 15 heteroatoms.